The van der Waals surface area contributed by atoms with Crippen LogP contribution < -0.4 is 32.5 Å². The smallest absolute Gasteiger partial charge is 0.272 e. The van der Waals surface area contributed by atoms with E-state index in [0.717, 1.165) is 48.4 Å². The average Bonchev–Trinajstić information content (AvgIpc) is 3.04. The van der Waals surface area contributed by atoms with Crippen molar-refractivity contribution in [3.63, 3.8) is 0 Å². The van der Waals surface area contributed by atoms with Gasteiger partial charge in [-0.2, -0.15) is 0 Å². The Morgan fingerprint density at radius 3 is 2.38 bits per heavy atom. The number of halogens is 2. The highest BCUT2D eigenvalue weighted by Gasteiger charge is 2.38. The molecule has 1 saturated heterocycles. The standard InChI is InChI=1S/C32H35ClFN7O4/c1-45-21-12-15-39(16-13-21)26-6-2-4-23-22(26)14-17-40(29(23)31(43)38-20-10-8-19(9-11-20)30(36)42)32(44)25(35)18-41(37)27-7-3-5-24(33)28(27)34/h2-11,18,21,29H,12-17,35,37H2,1H3,(H2,36,42)(H,38,43)/b25-18-. The van der Waals surface area contributed by atoms with Gasteiger partial charge in [0.05, 0.1) is 23.0 Å². The van der Waals surface area contributed by atoms with E-state index in [9.17, 15) is 18.8 Å². The van der Waals surface area contributed by atoms with Crippen molar-refractivity contribution < 1.29 is 23.5 Å². The quantitative estimate of drug-likeness (QED) is 0.166. The zero-order valence-electron chi connectivity index (χ0n) is 24.7. The van der Waals surface area contributed by atoms with Gasteiger partial charge in [0.2, 0.25) is 5.91 Å². The van der Waals surface area contributed by atoms with Gasteiger partial charge in [0.25, 0.3) is 11.8 Å². The summed E-state index contributed by atoms with van der Waals surface area (Å²) in [6.07, 6.45) is 3.52. The molecule has 0 aliphatic carbocycles. The molecule has 1 atom stereocenters. The zero-order valence-corrected chi connectivity index (χ0v) is 25.5. The molecule has 0 saturated carbocycles. The van der Waals surface area contributed by atoms with Crippen molar-refractivity contribution >= 4 is 46.4 Å². The maximum absolute atomic E-state index is 14.6. The van der Waals surface area contributed by atoms with Crippen LogP contribution in [0.5, 0.6) is 0 Å². The van der Waals surface area contributed by atoms with E-state index in [4.69, 9.17) is 33.6 Å². The zero-order chi connectivity index (χ0) is 32.2. The maximum atomic E-state index is 14.6. The topological polar surface area (TPSA) is 160 Å². The molecule has 236 valence electrons. The second-order valence-corrected chi connectivity index (χ2v) is 11.3. The van der Waals surface area contributed by atoms with Gasteiger partial charge in [0.1, 0.15) is 11.7 Å². The summed E-state index contributed by atoms with van der Waals surface area (Å²) in [5.41, 5.74) is 14.5. The lowest BCUT2D eigenvalue weighted by molar-refractivity contribution is -0.136. The number of amides is 3. The fraction of sp³-hybridized carbons (Fsp3) is 0.281. The fourth-order valence-electron chi connectivity index (χ4n) is 5.84. The van der Waals surface area contributed by atoms with Gasteiger partial charge in [-0.25, -0.2) is 10.2 Å². The van der Waals surface area contributed by atoms with Crippen LogP contribution in [-0.2, 0) is 20.7 Å². The highest BCUT2D eigenvalue weighted by molar-refractivity contribution is 6.31. The molecule has 13 heteroatoms. The average molecular weight is 636 g/mol. The van der Waals surface area contributed by atoms with E-state index in [1.54, 1.807) is 19.2 Å². The Bertz CT molecular complexity index is 1630. The first-order valence-corrected chi connectivity index (χ1v) is 14.8. The van der Waals surface area contributed by atoms with Gasteiger partial charge >= 0.3 is 0 Å². The minimum atomic E-state index is -1.06. The number of nitrogens with one attached hydrogen (secondary N) is 1. The molecule has 2 aliphatic heterocycles. The summed E-state index contributed by atoms with van der Waals surface area (Å²) in [4.78, 5) is 43.0. The van der Waals surface area contributed by atoms with Gasteiger partial charge in [0, 0.05) is 43.7 Å². The lowest BCUT2D eigenvalue weighted by Gasteiger charge is -2.40. The summed E-state index contributed by atoms with van der Waals surface area (Å²) in [5.74, 6) is 3.54. The molecule has 0 radical (unpaired) electrons. The first-order valence-electron chi connectivity index (χ1n) is 14.5. The molecule has 3 aromatic rings. The number of piperidine rings is 1. The van der Waals surface area contributed by atoms with Gasteiger partial charge in [-0.15, -0.1) is 0 Å². The van der Waals surface area contributed by atoms with E-state index < -0.39 is 29.6 Å². The minimum Gasteiger partial charge on any atom is -0.393 e. The van der Waals surface area contributed by atoms with Crippen molar-refractivity contribution in [3.05, 3.63) is 100 Å². The number of hydrogen-bond donors (Lipinski definition) is 4. The Morgan fingerprint density at radius 2 is 1.71 bits per heavy atom. The van der Waals surface area contributed by atoms with E-state index in [2.05, 4.69) is 10.2 Å². The predicted octanol–water partition coefficient (Wildman–Crippen LogP) is 3.44. The number of carbonyl (C=O) groups excluding carboxylic acids is 3. The van der Waals surface area contributed by atoms with Crippen LogP contribution in [0.15, 0.2) is 72.6 Å². The van der Waals surface area contributed by atoms with Crippen molar-refractivity contribution in [3.8, 4) is 0 Å². The number of rotatable bonds is 8. The summed E-state index contributed by atoms with van der Waals surface area (Å²) < 4.78 is 20.1. The number of ether oxygens (including phenoxy) is 1. The third kappa shape index (κ3) is 6.72. The van der Waals surface area contributed by atoms with Gasteiger partial charge in [-0.3, -0.25) is 19.4 Å². The largest absolute Gasteiger partial charge is 0.393 e. The van der Waals surface area contributed by atoms with Gasteiger partial charge in [0.15, 0.2) is 5.82 Å². The van der Waals surface area contributed by atoms with E-state index in [0.29, 0.717) is 17.7 Å². The minimum absolute atomic E-state index is 0.0853. The Balaban J connectivity index is 1.48. The van der Waals surface area contributed by atoms with Crippen molar-refractivity contribution in [2.75, 3.05) is 42.0 Å². The normalized spacial score (nSPS) is 17.1. The maximum Gasteiger partial charge on any atom is 0.272 e. The Morgan fingerprint density at radius 1 is 1.02 bits per heavy atom. The molecular weight excluding hydrogens is 601 g/mol. The predicted molar refractivity (Wildman–Crippen MR) is 171 cm³/mol. The van der Waals surface area contributed by atoms with Crippen LogP contribution in [0.3, 0.4) is 0 Å². The fourth-order valence-corrected chi connectivity index (χ4v) is 6.01. The molecule has 5 rings (SSSR count). The molecule has 2 heterocycles. The SMILES string of the molecule is COC1CCN(c2cccc3c2CCN(C(=O)/C(N)=C/N(N)c2cccc(Cl)c2F)C3C(=O)Nc2ccc(C(N)=O)cc2)CC1. The molecule has 0 aromatic heterocycles. The lowest BCUT2D eigenvalue weighted by atomic mass is 9.89. The molecular formula is C32H35ClFN7O4. The third-order valence-corrected chi connectivity index (χ3v) is 8.49. The van der Waals surface area contributed by atoms with Crippen LogP contribution in [-0.4, -0.2) is 55.5 Å². The number of carbonyl (C=O) groups is 3. The highest BCUT2D eigenvalue weighted by atomic mass is 35.5. The summed E-state index contributed by atoms with van der Waals surface area (Å²) >= 11 is 5.89. The number of primary amides is 1. The van der Waals surface area contributed by atoms with Crippen molar-refractivity contribution in [2.45, 2.75) is 31.4 Å². The number of fused-ring (bicyclic) bond motifs is 1. The number of benzene rings is 3. The second kappa shape index (κ2) is 13.6. The van der Waals surface area contributed by atoms with Crippen LogP contribution in [0, 0.1) is 5.82 Å². The second-order valence-electron chi connectivity index (χ2n) is 10.9. The van der Waals surface area contributed by atoms with E-state index >= 15 is 0 Å². The first-order chi connectivity index (χ1) is 21.6. The van der Waals surface area contributed by atoms with Crippen LogP contribution in [0.4, 0.5) is 21.5 Å². The van der Waals surface area contributed by atoms with Crippen LogP contribution >= 0.6 is 11.6 Å². The number of anilines is 3. The summed E-state index contributed by atoms with van der Waals surface area (Å²) in [7, 11) is 1.72. The number of hydrazine groups is 1. The molecule has 0 bridgehead atoms. The van der Waals surface area contributed by atoms with Crippen molar-refractivity contribution in [1.82, 2.24) is 4.90 Å². The monoisotopic (exact) mass is 635 g/mol. The number of methoxy groups -OCH3 is 1. The molecule has 0 spiro atoms. The number of hydrogen-bond acceptors (Lipinski definition) is 8. The molecule has 11 nitrogen and oxygen atoms in total. The van der Waals surface area contributed by atoms with Gasteiger partial charge in [-0.1, -0.05) is 29.8 Å². The molecule has 3 amide bonds. The summed E-state index contributed by atoms with van der Waals surface area (Å²) in [6, 6.07) is 15.1. The summed E-state index contributed by atoms with van der Waals surface area (Å²) in [6.45, 7) is 1.77. The molecule has 45 heavy (non-hydrogen) atoms. The van der Waals surface area contributed by atoms with Crippen LogP contribution in [0.25, 0.3) is 0 Å². The third-order valence-electron chi connectivity index (χ3n) is 8.19. The van der Waals surface area contributed by atoms with Gasteiger partial charge in [-0.05, 0) is 72.9 Å². The first kappa shape index (κ1) is 31.8. The number of nitrogens with two attached hydrogens (primary N) is 3. The van der Waals surface area contributed by atoms with E-state index in [1.165, 1.54) is 35.2 Å². The highest BCUT2D eigenvalue weighted by Crippen LogP contribution is 2.38. The molecule has 2 aliphatic rings. The molecule has 7 N–H and O–H groups in total. The van der Waals surface area contributed by atoms with Crippen molar-refractivity contribution in [2.24, 2.45) is 17.3 Å². The Hall–Kier alpha value is -4.65. The van der Waals surface area contributed by atoms with Crippen molar-refractivity contribution in [1.29, 1.82) is 0 Å². The lowest BCUT2D eigenvalue weighted by Crippen LogP contribution is -2.48. The van der Waals surface area contributed by atoms with E-state index in [1.807, 2.05) is 18.2 Å². The van der Waals surface area contributed by atoms with Crippen LogP contribution in [0.2, 0.25) is 5.02 Å². The van der Waals surface area contributed by atoms with Crippen LogP contribution in [0.1, 0.15) is 40.4 Å². The summed E-state index contributed by atoms with van der Waals surface area (Å²) in [5, 5.41) is 3.60. The van der Waals surface area contributed by atoms with E-state index in [-0.39, 0.29) is 34.6 Å². The Labute approximate surface area is 265 Å². The molecule has 3 aromatic carbocycles. The molecule has 1 fully saturated rings. The van der Waals surface area contributed by atoms with Gasteiger partial charge < -0.3 is 31.3 Å². The number of nitrogens with zero attached hydrogens (tertiary/aromatic N) is 3. The Kier molecular flexibility index (Phi) is 9.57. The molecule has 1 unspecified atom stereocenters.